The van der Waals surface area contributed by atoms with E-state index >= 15 is 0 Å². The highest BCUT2D eigenvalue weighted by atomic mass is 16.7. The van der Waals surface area contributed by atoms with Crippen molar-refractivity contribution >= 4 is 11.6 Å². The number of Topliss-reactive ketones (excluding diaryl/α,β-unsaturated/α-hetero) is 1. The molecule has 9 atom stereocenters. The first kappa shape index (κ1) is 24.0. The summed E-state index contributed by atoms with van der Waals surface area (Å²) in [6.45, 7) is 6.21. The summed E-state index contributed by atoms with van der Waals surface area (Å²) in [5.41, 5.74) is 2.43. The summed E-state index contributed by atoms with van der Waals surface area (Å²) in [7, 11) is 0. The summed E-state index contributed by atoms with van der Waals surface area (Å²) in [4.78, 5) is 32.2. The Morgan fingerprint density at radius 2 is 2.14 bits per heavy atom. The summed E-state index contributed by atoms with van der Waals surface area (Å²) in [6, 6.07) is 0. The van der Waals surface area contributed by atoms with E-state index in [1.54, 1.807) is 12.2 Å². The van der Waals surface area contributed by atoms with Gasteiger partial charge in [0.05, 0.1) is 18.8 Å². The van der Waals surface area contributed by atoms with E-state index in [0.717, 1.165) is 50.7 Å². The van der Waals surface area contributed by atoms with Crippen molar-refractivity contribution in [3.05, 3.63) is 23.8 Å². The molecule has 0 spiro atoms. The third kappa shape index (κ3) is 3.42. The van der Waals surface area contributed by atoms with E-state index in [1.165, 1.54) is 0 Å². The third-order valence-electron chi connectivity index (χ3n) is 10.6. The monoisotopic (exact) mass is 485 g/mol. The van der Waals surface area contributed by atoms with E-state index < -0.39 is 17.1 Å². The first-order valence-corrected chi connectivity index (χ1v) is 13.6. The Kier molecular flexibility index (Phi) is 5.89. The molecule has 0 radical (unpaired) electrons. The van der Waals surface area contributed by atoms with Gasteiger partial charge in [-0.2, -0.15) is 0 Å². The van der Waals surface area contributed by atoms with Crippen LogP contribution < -0.4 is 5.48 Å². The molecular weight excluding hydrogens is 446 g/mol. The van der Waals surface area contributed by atoms with Crippen LogP contribution in [-0.4, -0.2) is 60.8 Å². The lowest BCUT2D eigenvalue weighted by molar-refractivity contribution is -0.200. The molecule has 2 saturated heterocycles. The Balaban J connectivity index is 1.26. The highest BCUT2D eigenvalue weighted by Gasteiger charge is 2.74. The van der Waals surface area contributed by atoms with E-state index in [9.17, 15) is 14.7 Å². The zero-order valence-corrected chi connectivity index (χ0v) is 21.0. The average molecular weight is 486 g/mol. The molecule has 2 heterocycles. The normalized spacial score (nSPS) is 48.5. The molecule has 0 amide bonds. The molecule has 0 aromatic carbocycles. The lowest BCUT2D eigenvalue weighted by Crippen LogP contribution is -2.63. The Bertz CT molecular complexity index is 955. The van der Waals surface area contributed by atoms with Gasteiger partial charge in [-0.1, -0.05) is 25.5 Å². The lowest BCUT2D eigenvalue weighted by atomic mass is 9.46. The van der Waals surface area contributed by atoms with E-state index in [-0.39, 0.29) is 53.4 Å². The fourth-order valence-corrected chi connectivity index (χ4v) is 9.09. The first-order chi connectivity index (χ1) is 16.8. The number of carbonyl (C=O) groups is 2. The fourth-order valence-electron chi connectivity index (χ4n) is 9.09. The molecule has 4 aliphatic carbocycles. The van der Waals surface area contributed by atoms with Crippen LogP contribution in [0.3, 0.4) is 0 Å². The SMILES string of the molecule is C[C@]12C=CC(=O)C=C1CC[C@@H]1[C@@H]2[C@@H](O)C[C@@]2(C)[C@H]1C[C@H]1CNO[C@]12C(=O)COCC1CCCCO1. The van der Waals surface area contributed by atoms with E-state index in [4.69, 9.17) is 14.3 Å². The van der Waals surface area contributed by atoms with Gasteiger partial charge in [0.15, 0.2) is 17.2 Å². The van der Waals surface area contributed by atoms with Gasteiger partial charge in [-0.3, -0.25) is 14.4 Å². The maximum absolute atomic E-state index is 13.9. The molecule has 35 heavy (non-hydrogen) atoms. The standard InChI is InChI=1S/C28H39NO6/c1-26-9-8-19(30)11-17(26)6-7-21-22-12-18-14-29-35-28(18,27(22,2)13-23(31)25(21)26)24(32)16-33-15-20-5-3-4-10-34-20/h8-9,11,18,20-23,25,29,31H,3-7,10,12-16H2,1-2H3/t18-,20?,21-,22-,23-,25+,26-,27-,28-/m0/s1. The van der Waals surface area contributed by atoms with Gasteiger partial charge in [0.25, 0.3) is 0 Å². The van der Waals surface area contributed by atoms with Gasteiger partial charge in [-0.15, -0.1) is 0 Å². The highest BCUT2D eigenvalue weighted by Crippen LogP contribution is 2.69. The van der Waals surface area contributed by atoms with Gasteiger partial charge in [0.2, 0.25) is 0 Å². The van der Waals surface area contributed by atoms with Crippen LogP contribution in [0.5, 0.6) is 0 Å². The van der Waals surface area contributed by atoms with Gasteiger partial charge in [-0.05, 0) is 68.9 Å². The van der Waals surface area contributed by atoms with Crippen LogP contribution in [0, 0.1) is 34.5 Å². The molecule has 3 saturated carbocycles. The lowest BCUT2D eigenvalue weighted by Gasteiger charge is -2.59. The maximum atomic E-state index is 13.9. The molecular formula is C28H39NO6. The van der Waals surface area contributed by atoms with E-state index in [2.05, 4.69) is 19.3 Å². The number of hydroxylamine groups is 1. The number of rotatable bonds is 5. The summed E-state index contributed by atoms with van der Waals surface area (Å²) in [5, 5.41) is 11.7. The number of nitrogens with one attached hydrogen (secondary N) is 1. The highest BCUT2D eigenvalue weighted by molar-refractivity contribution is 6.01. The Morgan fingerprint density at radius 1 is 1.29 bits per heavy atom. The summed E-state index contributed by atoms with van der Waals surface area (Å²) in [6.07, 6.45) is 11.4. The zero-order valence-electron chi connectivity index (χ0n) is 21.0. The second kappa shape index (κ2) is 8.59. The van der Waals surface area contributed by atoms with Crippen molar-refractivity contribution in [1.82, 2.24) is 5.48 Å². The number of hydrogen-bond donors (Lipinski definition) is 2. The Hall–Kier alpha value is -1.38. The zero-order chi connectivity index (χ0) is 24.4. The molecule has 7 nitrogen and oxygen atoms in total. The number of ketones is 2. The molecule has 2 aliphatic heterocycles. The first-order valence-electron chi connectivity index (χ1n) is 13.6. The number of hydrogen-bond acceptors (Lipinski definition) is 7. The Morgan fingerprint density at radius 3 is 2.94 bits per heavy atom. The van der Waals surface area contributed by atoms with Crippen molar-refractivity contribution in [1.29, 1.82) is 0 Å². The van der Waals surface area contributed by atoms with Crippen LogP contribution in [0.25, 0.3) is 0 Å². The molecule has 6 rings (SSSR count). The van der Waals surface area contributed by atoms with Gasteiger partial charge >= 0.3 is 0 Å². The second-order valence-electron chi connectivity index (χ2n) is 12.3. The van der Waals surface area contributed by atoms with Crippen molar-refractivity contribution in [2.24, 2.45) is 34.5 Å². The number of ether oxygens (including phenoxy) is 2. The van der Waals surface area contributed by atoms with Crippen molar-refractivity contribution in [3.8, 4) is 0 Å². The van der Waals surface area contributed by atoms with Gasteiger partial charge in [-0.25, -0.2) is 5.48 Å². The van der Waals surface area contributed by atoms with Crippen LogP contribution in [0.1, 0.15) is 58.8 Å². The van der Waals surface area contributed by atoms with Crippen molar-refractivity contribution in [2.75, 3.05) is 26.4 Å². The van der Waals surface area contributed by atoms with E-state index in [0.29, 0.717) is 19.6 Å². The summed E-state index contributed by atoms with van der Waals surface area (Å²) < 4.78 is 11.7. The number of aliphatic hydroxyl groups excluding tert-OH is 1. The van der Waals surface area contributed by atoms with Crippen LogP contribution in [0.2, 0.25) is 0 Å². The largest absolute Gasteiger partial charge is 0.393 e. The topological polar surface area (TPSA) is 94.1 Å². The van der Waals surface area contributed by atoms with Crippen molar-refractivity contribution in [3.63, 3.8) is 0 Å². The smallest absolute Gasteiger partial charge is 0.193 e. The Labute approximate surface area is 207 Å². The number of aliphatic hydroxyl groups is 1. The third-order valence-corrected chi connectivity index (χ3v) is 10.6. The number of fused-ring (bicyclic) bond motifs is 7. The predicted octanol–water partition coefficient (Wildman–Crippen LogP) is 2.92. The number of allylic oxidation sites excluding steroid dienone is 4. The maximum Gasteiger partial charge on any atom is 0.193 e. The minimum Gasteiger partial charge on any atom is -0.393 e. The quantitative estimate of drug-likeness (QED) is 0.618. The molecule has 7 heteroatoms. The number of carbonyl (C=O) groups excluding carboxylic acids is 2. The van der Waals surface area contributed by atoms with Crippen LogP contribution in [-0.2, 0) is 23.9 Å². The van der Waals surface area contributed by atoms with Gasteiger partial charge < -0.3 is 14.6 Å². The molecule has 2 N–H and O–H groups in total. The van der Waals surface area contributed by atoms with Gasteiger partial charge in [0.1, 0.15) is 6.61 Å². The van der Waals surface area contributed by atoms with E-state index in [1.807, 2.05) is 6.08 Å². The van der Waals surface area contributed by atoms with Crippen molar-refractivity contribution < 1.29 is 29.0 Å². The molecule has 1 unspecified atom stereocenters. The molecule has 192 valence electrons. The predicted molar refractivity (Wildman–Crippen MR) is 128 cm³/mol. The minimum absolute atomic E-state index is 0.00951. The van der Waals surface area contributed by atoms with Crippen molar-refractivity contribution in [2.45, 2.75) is 76.6 Å². The minimum atomic E-state index is -0.980. The van der Waals surface area contributed by atoms with Gasteiger partial charge in [0, 0.05) is 35.8 Å². The van der Waals surface area contributed by atoms with Crippen LogP contribution >= 0.6 is 0 Å². The summed E-state index contributed by atoms with van der Waals surface area (Å²) in [5.74, 6) is 0.702. The molecule has 5 fully saturated rings. The average Bonchev–Trinajstić information content (AvgIpc) is 3.37. The molecule has 6 aliphatic rings. The fraction of sp³-hybridized carbons (Fsp3) is 0.786. The summed E-state index contributed by atoms with van der Waals surface area (Å²) >= 11 is 0. The second-order valence-corrected chi connectivity index (χ2v) is 12.3. The molecule has 0 aromatic rings. The molecule has 0 bridgehead atoms. The molecule has 0 aromatic heterocycles. The van der Waals surface area contributed by atoms with Crippen LogP contribution in [0.15, 0.2) is 23.8 Å². The van der Waals surface area contributed by atoms with Crippen LogP contribution in [0.4, 0.5) is 0 Å².